The van der Waals surface area contributed by atoms with Crippen molar-refractivity contribution in [3.63, 3.8) is 0 Å². The van der Waals surface area contributed by atoms with Crippen molar-refractivity contribution in [1.82, 2.24) is 10.7 Å². The van der Waals surface area contributed by atoms with Gasteiger partial charge in [0.1, 0.15) is 23.4 Å². The predicted molar refractivity (Wildman–Crippen MR) is 220 cm³/mol. The van der Waals surface area contributed by atoms with Crippen molar-refractivity contribution in [3.05, 3.63) is 102 Å². The van der Waals surface area contributed by atoms with Gasteiger partial charge in [-0.1, -0.05) is 67.9 Å². The quantitative estimate of drug-likeness (QED) is 0.0318. The van der Waals surface area contributed by atoms with Gasteiger partial charge in [0.2, 0.25) is 0 Å². The van der Waals surface area contributed by atoms with Crippen LogP contribution in [0.1, 0.15) is 68.1 Å². The molecule has 0 aromatic heterocycles. The lowest BCUT2D eigenvalue weighted by Crippen LogP contribution is -2.51. The summed E-state index contributed by atoms with van der Waals surface area (Å²) >= 11 is 0. The zero-order chi connectivity index (χ0) is 41.7. The number of nitrogens with zero attached hydrogens (tertiary/aromatic N) is 1. The summed E-state index contributed by atoms with van der Waals surface area (Å²) in [7, 11) is 3.34. The van der Waals surface area contributed by atoms with E-state index in [0.29, 0.717) is 58.8 Å². The number of rotatable bonds is 26. The third-order valence-electron chi connectivity index (χ3n) is 10.2. The van der Waals surface area contributed by atoms with Gasteiger partial charge in [-0.2, -0.15) is 0 Å². The average molecular weight is 821 g/mol. The number of ether oxygens (including phenoxy) is 8. The average Bonchev–Trinajstić information content (AvgIpc) is 3.26. The van der Waals surface area contributed by atoms with Gasteiger partial charge in [-0.3, -0.25) is 15.3 Å². The van der Waals surface area contributed by atoms with Gasteiger partial charge in [-0.05, 0) is 72.5 Å². The molecule has 5 rings (SSSR count). The molecule has 59 heavy (non-hydrogen) atoms. The van der Waals surface area contributed by atoms with Crippen LogP contribution in [0.15, 0.2) is 84.9 Å². The maximum atomic E-state index is 12.6. The van der Waals surface area contributed by atoms with Crippen molar-refractivity contribution in [2.45, 2.75) is 82.9 Å². The van der Waals surface area contributed by atoms with Gasteiger partial charge in [-0.15, -0.1) is 0 Å². The van der Waals surface area contributed by atoms with E-state index in [1.165, 1.54) is 0 Å². The van der Waals surface area contributed by atoms with E-state index in [-0.39, 0.29) is 43.3 Å². The van der Waals surface area contributed by atoms with Crippen LogP contribution in [0.25, 0.3) is 10.8 Å². The number of hydrogen-bond acceptors (Lipinski definition) is 14. The van der Waals surface area contributed by atoms with Crippen molar-refractivity contribution in [1.29, 1.82) is 0 Å². The summed E-state index contributed by atoms with van der Waals surface area (Å²) in [5.41, 5.74) is 3.06. The van der Waals surface area contributed by atoms with Crippen molar-refractivity contribution in [3.8, 4) is 17.2 Å². The minimum atomic E-state index is -0.732. The molecule has 1 heterocycles. The maximum Gasteiger partial charge on any atom is 0.508 e. The van der Waals surface area contributed by atoms with Crippen LogP contribution in [-0.4, -0.2) is 101 Å². The Bertz CT molecular complexity index is 1810. The van der Waals surface area contributed by atoms with Crippen molar-refractivity contribution in [2.24, 2.45) is 0 Å². The molecule has 4 aromatic rings. The molecule has 14 nitrogen and oxygen atoms in total. The number of carbonyl (C=O) groups is 1. The topological polar surface area (TPSA) is 156 Å². The van der Waals surface area contributed by atoms with E-state index in [1.807, 2.05) is 67.6 Å². The lowest BCUT2D eigenvalue weighted by molar-refractivity contribution is -0.492. The second-order valence-electron chi connectivity index (χ2n) is 14.3. The smallest absolute Gasteiger partial charge is 0.496 e. The van der Waals surface area contributed by atoms with E-state index in [1.54, 1.807) is 14.2 Å². The molecule has 14 heteroatoms. The van der Waals surface area contributed by atoms with Crippen LogP contribution < -0.4 is 19.5 Å². The number of benzene rings is 4. The number of methoxy groups -OCH3 is 2. The highest BCUT2D eigenvalue weighted by molar-refractivity contribution is 5.89. The third kappa shape index (κ3) is 14.9. The van der Waals surface area contributed by atoms with Crippen molar-refractivity contribution in [2.75, 3.05) is 60.3 Å². The number of carbonyl (C=O) groups excluding carboxylic acids is 1. The Hall–Kier alpha value is -4.51. The highest BCUT2D eigenvalue weighted by Crippen LogP contribution is 2.34. The molecule has 4 atom stereocenters. The minimum Gasteiger partial charge on any atom is -0.496 e. The summed E-state index contributed by atoms with van der Waals surface area (Å²) < 4.78 is 47.3. The summed E-state index contributed by atoms with van der Waals surface area (Å²) in [6.07, 6.45) is 2.39. The predicted octanol–water partition coefficient (Wildman–Crippen LogP) is 8.00. The van der Waals surface area contributed by atoms with E-state index < -0.39 is 12.3 Å². The Labute approximate surface area is 347 Å². The molecule has 0 radical (unpaired) electrons. The number of piperidine rings is 1. The van der Waals surface area contributed by atoms with Crippen molar-refractivity contribution < 1.29 is 57.9 Å². The first-order chi connectivity index (χ1) is 28.9. The number of fused-ring (bicyclic) bond motifs is 1. The molecule has 0 amide bonds. The van der Waals surface area contributed by atoms with E-state index in [9.17, 15) is 4.79 Å². The van der Waals surface area contributed by atoms with Crippen LogP contribution in [0.3, 0.4) is 0 Å². The van der Waals surface area contributed by atoms with Gasteiger partial charge in [-0.25, -0.2) is 4.79 Å². The first-order valence-corrected chi connectivity index (χ1v) is 20.4. The first kappa shape index (κ1) is 45.6. The number of hydrogen-bond donors (Lipinski definition) is 3. The lowest BCUT2D eigenvalue weighted by atomic mass is 9.85. The normalized spacial score (nSPS) is 17.2. The van der Waals surface area contributed by atoms with Crippen molar-refractivity contribution >= 4 is 16.9 Å². The van der Waals surface area contributed by atoms with Gasteiger partial charge in [0.15, 0.2) is 0 Å². The Morgan fingerprint density at radius 2 is 1.51 bits per heavy atom. The number of unbranched alkanes of at least 4 members (excludes halogenated alkanes) is 3. The highest BCUT2D eigenvalue weighted by atomic mass is 17.1. The molecule has 4 unspecified atom stereocenters. The first-order valence-electron chi connectivity index (χ1n) is 20.4. The molecular weight excluding hydrogens is 760 g/mol. The van der Waals surface area contributed by atoms with E-state index in [4.69, 9.17) is 48.3 Å². The van der Waals surface area contributed by atoms with Gasteiger partial charge in [0.05, 0.1) is 78.1 Å². The van der Waals surface area contributed by atoms with Crippen LogP contribution in [0.4, 0.5) is 4.79 Å². The maximum absolute atomic E-state index is 12.6. The summed E-state index contributed by atoms with van der Waals surface area (Å²) in [4.78, 5) is 17.1. The van der Waals surface area contributed by atoms with Gasteiger partial charge in [0, 0.05) is 36.4 Å². The number of para-hydroxylation sites is 1. The van der Waals surface area contributed by atoms with Crippen LogP contribution >= 0.6 is 0 Å². The Morgan fingerprint density at radius 3 is 2.27 bits per heavy atom. The standard InChI is InChI=1S/C45H60N2O12/c1-4-37(59-45(48)55-23-11-5-6-12-25-58-47(49)50)32-57-43-29-46-28-42(56-30-33-26-35-14-7-9-16-39(35)41(27-33)52-3)44(43)34-18-20-38(21-19-34)54-24-13-22-53-31-36-15-8-10-17-40(36)51-2/h7-10,14-21,26-27,37,42-44,46,49-50H,4-6,11-13,22-25,28-32H2,1-3H3. The molecule has 322 valence electrons. The molecule has 1 aliphatic heterocycles. The van der Waals surface area contributed by atoms with Crippen LogP contribution in [0.2, 0.25) is 0 Å². The SMILES string of the molecule is CCC(COC1CNCC(OCc2cc(OC)c3ccccc3c2)C1c1ccc(OCCCOCc2ccccc2OC)cc1)OC(=O)OCCCCCCON(O)O. The lowest BCUT2D eigenvalue weighted by Gasteiger charge is -2.39. The molecule has 0 bridgehead atoms. The van der Waals surface area contributed by atoms with E-state index >= 15 is 0 Å². The monoisotopic (exact) mass is 820 g/mol. The molecule has 4 aromatic carbocycles. The molecule has 1 saturated heterocycles. The Morgan fingerprint density at radius 1 is 0.780 bits per heavy atom. The summed E-state index contributed by atoms with van der Waals surface area (Å²) in [6, 6.07) is 28.2. The molecule has 0 spiro atoms. The molecule has 1 fully saturated rings. The summed E-state index contributed by atoms with van der Waals surface area (Å²) in [5, 5.41) is 22.5. The van der Waals surface area contributed by atoms with Gasteiger partial charge in [0.25, 0.3) is 0 Å². The fraction of sp³-hybridized carbons (Fsp3) is 0.489. The van der Waals surface area contributed by atoms with E-state index in [2.05, 4.69) is 34.4 Å². The summed E-state index contributed by atoms with van der Waals surface area (Å²) in [5.74, 6) is 2.24. The van der Waals surface area contributed by atoms with Crippen LogP contribution in [-0.2, 0) is 41.7 Å². The molecule has 1 aliphatic rings. The number of nitrogens with one attached hydrogen (secondary N) is 1. The third-order valence-corrected chi connectivity index (χ3v) is 10.2. The summed E-state index contributed by atoms with van der Waals surface area (Å²) in [6.45, 7) is 5.66. The second-order valence-corrected chi connectivity index (χ2v) is 14.3. The zero-order valence-electron chi connectivity index (χ0n) is 34.4. The molecule has 0 saturated carbocycles. The van der Waals surface area contributed by atoms with E-state index in [0.717, 1.165) is 64.0 Å². The fourth-order valence-electron chi connectivity index (χ4n) is 7.04. The van der Waals surface area contributed by atoms with Gasteiger partial charge >= 0.3 is 6.16 Å². The fourth-order valence-corrected chi connectivity index (χ4v) is 7.04. The Balaban J connectivity index is 1.17. The zero-order valence-corrected chi connectivity index (χ0v) is 34.4. The van der Waals surface area contributed by atoms with Crippen LogP contribution in [0.5, 0.6) is 17.2 Å². The molecular formula is C45H60N2O12. The van der Waals surface area contributed by atoms with Gasteiger partial charge < -0.3 is 43.2 Å². The molecule has 0 aliphatic carbocycles. The second kappa shape index (κ2) is 25.2. The largest absolute Gasteiger partial charge is 0.508 e. The molecule has 3 N–H and O–H groups in total. The minimum absolute atomic E-state index is 0.135. The Kier molecular flexibility index (Phi) is 19.5. The highest BCUT2D eigenvalue weighted by Gasteiger charge is 2.37. The van der Waals surface area contributed by atoms with Crippen LogP contribution in [0, 0.1) is 0 Å².